The van der Waals surface area contributed by atoms with Gasteiger partial charge >= 0.3 is 5.97 Å². The largest absolute Gasteiger partial charge is 0.481 e. The van der Waals surface area contributed by atoms with Crippen molar-refractivity contribution >= 4 is 17.8 Å². The third-order valence-corrected chi connectivity index (χ3v) is 5.44. The number of carboxylic acids is 1. The zero-order valence-electron chi connectivity index (χ0n) is 13.7. The molecule has 2 amide bonds. The van der Waals surface area contributed by atoms with Crippen molar-refractivity contribution < 1.29 is 19.5 Å². The summed E-state index contributed by atoms with van der Waals surface area (Å²) in [6.45, 7) is 2.41. The van der Waals surface area contributed by atoms with Crippen molar-refractivity contribution in [1.82, 2.24) is 9.80 Å². The van der Waals surface area contributed by atoms with E-state index < -0.39 is 11.9 Å². The van der Waals surface area contributed by atoms with Crippen LogP contribution in [-0.4, -0.2) is 57.9 Å². The molecule has 23 heavy (non-hydrogen) atoms. The second-order valence-electron chi connectivity index (χ2n) is 7.35. The molecule has 6 nitrogen and oxygen atoms in total. The van der Waals surface area contributed by atoms with Gasteiger partial charge in [0.25, 0.3) is 0 Å². The van der Waals surface area contributed by atoms with Crippen molar-refractivity contribution in [2.75, 3.05) is 13.1 Å². The summed E-state index contributed by atoms with van der Waals surface area (Å²) in [5.74, 6) is -1.66. The summed E-state index contributed by atoms with van der Waals surface area (Å²) in [7, 11) is 0. The maximum atomic E-state index is 12.8. The first-order valence-corrected chi connectivity index (χ1v) is 8.80. The Morgan fingerprint density at radius 3 is 2.48 bits per heavy atom. The average molecular weight is 322 g/mol. The normalized spacial score (nSPS) is 26.6. The molecule has 1 N–H and O–H groups in total. The molecule has 3 rings (SSSR count). The van der Waals surface area contributed by atoms with Gasteiger partial charge in [-0.05, 0) is 25.7 Å². The molecule has 1 aliphatic heterocycles. The smallest absolute Gasteiger partial charge is 0.308 e. The molecule has 0 aromatic carbocycles. The van der Waals surface area contributed by atoms with Crippen molar-refractivity contribution in [3.63, 3.8) is 0 Å². The molecule has 128 valence electrons. The third kappa shape index (κ3) is 3.51. The first-order valence-electron chi connectivity index (χ1n) is 8.80. The van der Waals surface area contributed by atoms with Crippen LogP contribution in [0.3, 0.4) is 0 Å². The van der Waals surface area contributed by atoms with E-state index in [9.17, 15) is 14.4 Å². The van der Waals surface area contributed by atoms with E-state index >= 15 is 0 Å². The molecule has 6 heteroatoms. The Labute approximate surface area is 136 Å². The minimum Gasteiger partial charge on any atom is -0.481 e. The van der Waals surface area contributed by atoms with Gasteiger partial charge in [-0.3, -0.25) is 14.4 Å². The zero-order valence-corrected chi connectivity index (χ0v) is 13.7. The number of amides is 2. The molecule has 2 saturated carbocycles. The number of likely N-dealkylation sites (tertiary alicyclic amines) is 1. The highest BCUT2D eigenvalue weighted by atomic mass is 16.4. The first kappa shape index (κ1) is 16.3. The quantitative estimate of drug-likeness (QED) is 0.803. The second-order valence-corrected chi connectivity index (χ2v) is 7.35. The molecule has 0 aromatic heterocycles. The first-order chi connectivity index (χ1) is 11.0. The van der Waals surface area contributed by atoms with Crippen molar-refractivity contribution in [1.29, 1.82) is 0 Å². The number of carbonyl (C=O) groups excluding carboxylic acids is 2. The fourth-order valence-corrected chi connectivity index (χ4v) is 3.88. The fraction of sp³-hybridized carbons (Fsp3) is 0.824. The lowest BCUT2D eigenvalue weighted by Crippen LogP contribution is -2.43. The standard InChI is InChI=1S/C17H26N2O4/c1-11(17(22)23)9-19(14-6-7-14)16(21)12-8-15(20)18(10-12)13-4-2-3-5-13/h11-14H,2-10H2,1H3,(H,22,23)/t11-,12-/m0/s1. The van der Waals surface area contributed by atoms with E-state index in [0.29, 0.717) is 19.0 Å². The second kappa shape index (κ2) is 6.49. The Morgan fingerprint density at radius 1 is 1.26 bits per heavy atom. The van der Waals surface area contributed by atoms with Crippen LogP contribution in [0.2, 0.25) is 0 Å². The van der Waals surface area contributed by atoms with Crippen LogP contribution >= 0.6 is 0 Å². The summed E-state index contributed by atoms with van der Waals surface area (Å²) in [6.07, 6.45) is 6.62. The molecule has 3 fully saturated rings. The Balaban J connectivity index is 1.64. The Hall–Kier alpha value is -1.59. The topological polar surface area (TPSA) is 77.9 Å². The van der Waals surface area contributed by atoms with Gasteiger partial charge in [0.15, 0.2) is 0 Å². The lowest BCUT2D eigenvalue weighted by atomic mass is 10.1. The third-order valence-electron chi connectivity index (χ3n) is 5.44. The van der Waals surface area contributed by atoms with Crippen molar-refractivity contribution in [2.24, 2.45) is 11.8 Å². The molecule has 2 aliphatic carbocycles. The molecule has 0 spiro atoms. The van der Waals surface area contributed by atoms with Crippen LogP contribution in [0, 0.1) is 11.8 Å². The van der Waals surface area contributed by atoms with Crippen molar-refractivity contribution in [3.8, 4) is 0 Å². The molecule has 3 aliphatic rings. The van der Waals surface area contributed by atoms with Crippen LogP contribution in [0.4, 0.5) is 0 Å². The van der Waals surface area contributed by atoms with Gasteiger partial charge in [-0.1, -0.05) is 19.8 Å². The predicted molar refractivity (Wildman–Crippen MR) is 83.6 cm³/mol. The number of nitrogens with zero attached hydrogens (tertiary/aromatic N) is 2. The number of hydrogen-bond donors (Lipinski definition) is 1. The van der Waals surface area contributed by atoms with Gasteiger partial charge in [0.05, 0.1) is 11.8 Å². The zero-order chi connectivity index (χ0) is 16.6. The van der Waals surface area contributed by atoms with Crippen LogP contribution in [0.15, 0.2) is 0 Å². The lowest BCUT2D eigenvalue weighted by Gasteiger charge is -2.28. The SMILES string of the molecule is C[C@@H](CN(C(=O)[C@H]1CC(=O)N(C2CCCC2)C1)C1CC1)C(=O)O. The van der Waals surface area contributed by atoms with E-state index in [1.165, 1.54) is 0 Å². The summed E-state index contributed by atoms with van der Waals surface area (Å²) in [5, 5.41) is 9.11. The van der Waals surface area contributed by atoms with E-state index in [1.807, 2.05) is 4.90 Å². The minimum absolute atomic E-state index is 0.0190. The van der Waals surface area contributed by atoms with E-state index in [-0.39, 0.29) is 30.3 Å². The molecule has 0 aromatic rings. The number of rotatable bonds is 6. The Morgan fingerprint density at radius 2 is 1.91 bits per heavy atom. The van der Waals surface area contributed by atoms with Crippen molar-refractivity contribution in [3.05, 3.63) is 0 Å². The average Bonchev–Trinajstić information content (AvgIpc) is 3.06. The fourth-order valence-electron chi connectivity index (χ4n) is 3.88. The van der Waals surface area contributed by atoms with Crippen LogP contribution in [0.5, 0.6) is 0 Å². The minimum atomic E-state index is -0.876. The highest BCUT2D eigenvalue weighted by Crippen LogP contribution is 2.33. The van der Waals surface area contributed by atoms with Gasteiger partial charge in [0.1, 0.15) is 0 Å². The molecule has 1 heterocycles. The lowest BCUT2D eigenvalue weighted by molar-refractivity contribution is -0.144. The summed E-state index contributed by atoms with van der Waals surface area (Å²) >= 11 is 0. The molecule has 0 unspecified atom stereocenters. The monoisotopic (exact) mass is 322 g/mol. The summed E-state index contributed by atoms with van der Waals surface area (Å²) < 4.78 is 0. The van der Waals surface area contributed by atoms with Gasteiger partial charge < -0.3 is 14.9 Å². The Bertz CT molecular complexity index is 497. The molecule has 2 atom stereocenters. The molecular formula is C17H26N2O4. The van der Waals surface area contributed by atoms with Crippen LogP contribution in [0.25, 0.3) is 0 Å². The van der Waals surface area contributed by atoms with E-state index in [1.54, 1.807) is 11.8 Å². The van der Waals surface area contributed by atoms with E-state index in [4.69, 9.17) is 5.11 Å². The van der Waals surface area contributed by atoms with Gasteiger partial charge in [-0.2, -0.15) is 0 Å². The number of carbonyl (C=O) groups is 3. The van der Waals surface area contributed by atoms with E-state index in [0.717, 1.165) is 38.5 Å². The Kier molecular flexibility index (Phi) is 4.60. The molecular weight excluding hydrogens is 296 g/mol. The van der Waals surface area contributed by atoms with Crippen LogP contribution in [0.1, 0.15) is 51.9 Å². The maximum absolute atomic E-state index is 12.8. The van der Waals surface area contributed by atoms with Gasteiger partial charge in [0.2, 0.25) is 11.8 Å². The molecule has 0 bridgehead atoms. The number of aliphatic carboxylic acids is 1. The number of carboxylic acid groups (broad SMARTS) is 1. The van der Waals surface area contributed by atoms with Gasteiger partial charge in [0, 0.05) is 31.6 Å². The van der Waals surface area contributed by atoms with Gasteiger partial charge in [-0.25, -0.2) is 0 Å². The van der Waals surface area contributed by atoms with Gasteiger partial charge in [-0.15, -0.1) is 0 Å². The highest BCUT2D eigenvalue weighted by molar-refractivity contribution is 5.90. The highest BCUT2D eigenvalue weighted by Gasteiger charge is 2.43. The predicted octanol–water partition coefficient (Wildman–Crippen LogP) is 1.49. The molecule has 1 saturated heterocycles. The summed E-state index contributed by atoms with van der Waals surface area (Å²) in [4.78, 5) is 39.9. The summed E-state index contributed by atoms with van der Waals surface area (Å²) in [6, 6.07) is 0.493. The van der Waals surface area contributed by atoms with Crippen LogP contribution in [-0.2, 0) is 14.4 Å². The van der Waals surface area contributed by atoms with E-state index in [2.05, 4.69) is 0 Å². The van der Waals surface area contributed by atoms with Crippen molar-refractivity contribution in [2.45, 2.75) is 64.0 Å². The molecule has 0 radical (unpaired) electrons. The summed E-state index contributed by atoms with van der Waals surface area (Å²) in [5.41, 5.74) is 0. The number of hydrogen-bond acceptors (Lipinski definition) is 3. The van der Waals surface area contributed by atoms with Crippen LogP contribution < -0.4 is 0 Å². The maximum Gasteiger partial charge on any atom is 0.308 e.